The SMILES string of the molecule is CCCCN(C(=O)C(Cc1ccc(O)cc1)NC(=O)OC(C)(C)C)C(C(=O)Nc1c(C)cccc1C)c1cc(C)ccc1C. The molecule has 3 aromatic carbocycles. The summed E-state index contributed by atoms with van der Waals surface area (Å²) in [6.45, 7) is 15.4. The molecule has 3 amide bonds. The summed E-state index contributed by atoms with van der Waals surface area (Å²) >= 11 is 0. The molecule has 3 aromatic rings. The Bertz CT molecular complexity index is 1440. The van der Waals surface area contributed by atoms with Gasteiger partial charge in [0.05, 0.1) is 0 Å². The van der Waals surface area contributed by atoms with E-state index in [1.165, 1.54) is 12.1 Å². The second-order valence-electron chi connectivity index (χ2n) is 12.5. The van der Waals surface area contributed by atoms with Gasteiger partial charge in [-0.15, -0.1) is 0 Å². The molecule has 236 valence electrons. The van der Waals surface area contributed by atoms with E-state index in [1.807, 2.05) is 71.0 Å². The van der Waals surface area contributed by atoms with E-state index in [4.69, 9.17) is 4.74 Å². The van der Waals surface area contributed by atoms with Crippen LogP contribution in [0, 0.1) is 27.7 Å². The fourth-order valence-electron chi connectivity index (χ4n) is 5.12. The van der Waals surface area contributed by atoms with Crippen LogP contribution in [-0.4, -0.2) is 46.1 Å². The van der Waals surface area contributed by atoms with Gasteiger partial charge in [0, 0.05) is 18.7 Å². The van der Waals surface area contributed by atoms with Crippen LogP contribution in [0.25, 0.3) is 0 Å². The quantitative estimate of drug-likeness (QED) is 0.218. The van der Waals surface area contributed by atoms with Gasteiger partial charge in [-0.1, -0.05) is 67.4 Å². The van der Waals surface area contributed by atoms with Crippen LogP contribution in [0.1, 0.15) is 80.0 Å². The Kier molecular flexibility index (Phi) is 11.6. The molecule has 0 aliphatic heterocycles. The van der Waals surface area contributed by atoms with Crippen molar-refractivity contribution in [2.75, 3.05) is 11.9 Å². The summed E-state index contributed by atoms with van der Waals surface area (Å²) in [5.41, 5.74) is 5.07. The summed E-state index contributed by atoms with van der Waals surface area (Å²) in [7, 11) is 0. The number of amides is 3. The molecule has 44 heavy (non-hydrogen) atoms. The number of nitrogens with zero attached hydrogens (tertiary/aromatic N) is 1. The molecule has 0 aliphatic rings. The number of ether oxygens (including phenoxy) is 1. The minimum Gasteiger partial charge on any atom is -0.508 e. The van der Waals surface area contributed by atoms with Crippen LogP contribution < -0.4 is 10.6 Å². The lowest BCUT2D eigenvalue weighted by atomic mass is 9.95. The first-order valence-corrected chi connectivity index (χ1v) is 15.2. The van der Waals surface area contributed by atoms with Gasteiger partial charge >= 0.3 is 6.09 Å². The van der Waals surface area contributed by atoms with E-state index in [9.17, 15) is 19.5 Å². The first kappa shape index (κ1) is 34.2. The highest BCUT2D eigenvalue weighted by Crippen LogP contribution is 2.30. The molecule has 0 saturated carbocycles. The molecule has 0 fully saturated rings. The average molecular weight is 602 g/mol. The summed E-state index contributed by atoms with van der Waals surface area (Å²) in [6.07, 6.45) is 0.860. The average Bonchev–Trinajstić information content (AvgIpc) is 2.94. The van der Waals surface area contributed by atoms with Crippen LogP contribution in [0.5, 0.6) is 5.75 Å². The molecule has 0 aliphatic carbocycles. The van der Waals surface area contributed by atoms with E-state index >= 15 is 0 Å². The third kappa shape index (κ3) is 9.33. The molecule has 8 heteroatoms. The number of aryl methyl sites for hydroxylation is 4. The van der Waals surface area contributed by atoms with E-state index in [-0.39, 0.29) is 18.1 Å². The monoisotopic (exact) mass is 601 g/mol. The van der Waals surface area contributed by atoms with Crippen molar-refractivity contribution in [2.24, 2.45) is 0 Å². The van der Waals surface area contributed by atoms with Gasteiger partial charge in [-0.3, -0.25) is 9.59 Å². The van der Waals surface area contributed by atoms with Crippen molar-refractivity contribution >= 4 is 23.6 Å². The highest BCUT2D eigenvalue weighted by Gasteiger charge is 2.37. The van der Waals surface area contributed by atoms with Crippen LogP contribution in [0.4, 0.5) is 10.5 Å². The van der Waals surface area contributed by atoms with Crippen molar-refractivity contribution in [2.45, 2.75) is 92.3 Å². The molecule has 0 bridgehead atoms. The van der Waals surface area contributed by atoms with Crippen LogP contribution in [0.3, 0.4) is 0 Å². The summed E-state index contributed by atoms with van der Waals surface area (Å²) < 4.78 is 5.53. The van der Waals surface area contributed by atoms with Crippen molar-refractivity contribution in [1.82, 2.24) is 10.2 Å². The zero-order valence-corrected chi connectivity index (χ0v) is 27.3. The Morgan fingerprint density at radius 1 is 0.909 bits per heavy atom. The van der Waals surface area contributed by atoms with Gasteiger partial charge in [-0.05, 0) is 94.8 Å². The molecule has 3 N–H and O–H groups in total. The van der Waals surface area contributed by atoms with E-state index in [0.29, 0.717) is 18.7 Å². The van der Waals surface area contributed by atoms with Crippen molar-refractivity contribution < 1.29 is 24.2 Å². The number of carbonyl (C=O) groups is 3. The van der Waals surface area contributed by atoms with Crippen molar-refractivity contribution in [3.63, 3.8) is 0 Å². The van der Waals surface area contributed by atoms with Crippen molar-refractivity contribution in [1.29, 1.82) is 0 Å². The second-order valence-corrected chi connectivity index (χ2v) is 12.5. The predicted octanol–water partition coefficient (Wildman–Crippen LogP) is 7.07. The van der Waals surface area contributed by atoms with Crippen LogP contribution in [0.15, 0.2) is 60.7 Å². The third-order valence-corrected chi connectivity index (χ3v) is 7.42. The fourth-order valence-corrected chi connectivity index (χ4v) is 5.12. The maximum atomic E-state index is 14.6. The summed E-state index contributed by atoms with van der Waals surface area (Å²) in [5, 5.41) is 15.7. The normalized spacial score (nSPS) is 12.6. The third-order valence-electron chi connectivity index (χ3n) is 7.42. The lowest BCUT2D eigenvalue weighted by Gasteiger charge is -2.35. The standard InChI is InChI=1S/C36H47N3O5/c1-9-10-20-39(34(42)30(37-35(43)44-36(6,7)8)22-27-16-18-28(40)19-17-27)32(29-21-23(2)14-15-24(29)3)33(41)38-31-25(4)12-11-13-26(31)5/h11-19,21,30,32,40H,9-10,20,22H2,1-8H3,(H,37,43)(H,38,41). The molecule has 2 atom stereocenters. The van der Waals surface area contributed by atoms with Crippen molar-refractivity contribution in [3.05, 3.63) is 94.0 Å². The molecule has 0 saturated heterocycles. The van der Waals surface area contributed by atoms with E-state index < -0.39 is 29.7 Å². The fraction of sp³-hybridized carbons (Fsp3) is 0.417. The van der Waals surface area contributed by atoms with Gasteiger partial charge in [-0.25, -0.2) is 4.79 Å². The highest BCUT2D eigenvalue weighted by atomic mass is 16.6. The van der Waals surface area contributed by atoms with Gasteiger partial charge in [-0.2, -0.15) is 0 Å². The number of alkyl carbamates (subject to hydrolysis) is 1. The molecule has 3 rings (SSSR count). The molecular weight excluding hydrogens is 554 g/mol. The topological polar surface area (TPSA) is 108 Å². The summed E-state index contributed by atoms with van der Waals surface area (Å²) in [6, 6.07) is 16.2. The lowest BCUT2D eigenvalue weighted by molar-refractivity contribution is -0.140. The Balaban J connectivity index is 2.13. The first-order valence-electron chi connectivity index (χ1n) is 15.2. The van der Waals surface area contributed by atoms with Gasteiger partial charge in [0.15, 0.2) is 0 Å². The van der Waals surface area contributed by atoms with Gasteiger partial charge in [0.2, 0.25) is 5.91 Å². The number of hydrogen-bond donors (Lipinski definition) is 3. The number of para-hydroxylation sites is 1. The van der Waals surface area contributed by atoms with Gasteiger partial charge in [0.1, 0.15) is 23.4 Å². The minimum absolute atomic E-state index is 0.0967. The van der Waals surface area contributed by atoms with Gasteiger partial charge in [0.25, 0.3) is 5.91 Å². The number of rotatable bonds is 11. The molecule has 2 unspecified atom stereocenters. The van der Waals surface area contributed by atoms with Crippen molar-refractivity contribution in [3.8, 4) is 5.75 Å². The largest absolute Gasteiger partial charge is 0.508 e. The van der Waals surface area contributed by atoms with E-state index in [0.717, 1.165) is 39.8 Å². The predicted molar refractivity (Wildman–Crippen MR) is 175 cm³/mol. The molecule has 8 nitrogen and oxygen atoms in total. The van der Waals surface area contributed by atoms with E-state index in [1.54, 1.807) is 37.8 Å². The number of aromatic hydroxyl groups is 1. The van der Waals surface area contributed by atoms with Gasteiger partial charge < -0.3 is 25.4 Å². The second kappa shape index (κ2) is 14.9. The number of carbonyl (C=O) groups excluding carboxylic acids is 3. The molecule has 0 spiro atoms. The number of anilines is 1. The van der Waals surface area contributed by atoms with Crippen LogP contribution in [0.2, 0.25) is 0 Å². The lowest BCUT2D eigenvalue weighted by Crippen LogP contribution is -2.53. The number of phenolic OH excluding ortho intramolecular Hbond substituents is 1. The zero-order valence-electron chi connectivity index (χ0n) is 27.3. The number of benzene rings is 3. The minimum atomic E-state index is -1.04. The number of phenols is 1. The Morgan fingerprint density at radius 3 is 2.14 bits per heavy atom. The molecule has 0 heterocycles. The summed E-state index contributed by atoms with van der Waals surface area (Å²) in [4.78, 5) is 43.6. The van der Waals surface area contributed by atoms with Crippen LogP contribution in [-0.2, 0) is 20.7 Å². The Hall–Kier alpha value is -4.33. The maximum absolute atomic E-state index is 14.6. The summed E-state index contributed by atoms with van der Waals surface area (Å²) in [5.74, 6) is -0.638. The Labute approximate surface area is 261 Å². The van der Waals surface area contributed by atoms with Crippen LogP contribution >= 0.6 is 0 Å². The number of hydrogen-bond acceptors (Lipinski definition) is 5. The first-order chi connectivity index (χ1) is 20.7. The molecule has 0 radical (unpaired) electrons. The number of unbranched alkanes of at least 4 members (excludes halogenated alkanes) is 1. The zero-order chi connectivity index (χ0) is 32.6. The highest BCUT2D eigenvalue weighted by molar-refractivity contribution is 6.00. The number of nitrogens with one attached hydrogen (secondary N) is 2. The van der Waals surface area contributed by atoms with E-state index in [2.05, 4.69) is 10.6 Å². The molecular formula is C36H47N3O5. The maximum Gasteiger partial charge on any atom is 0.408 e. The smallest absolute Gasteiger partial charge is 0.408 e. The Morgan fingerprint density at radius 2 is 1.55 bits per heavy atom. The molecule has 0 aromatic heterocycles.